The fourth-order valence-electron chi connectivity index (χ4n) is 6.25. The molecule has 5 heterocycles. The molecule has 1 aromatic carbocycles. The van der Waals surface area contributed by atoms with Gasteiger partial charge in [0.1, 0.15) is 0 Å². The number of H-pyrrole nitrogens is 1. The van der Waals surface area contributed by atoms with E-state index in [1.54, 1.807) is 7.11 Å². The molecule has 2 aliphatic heterocycles. The number of rotatable bonds is 5. The SMILES string of the molecule is COc1cc(-c2[nH]c3ccc(C4CCN(C5CCOCC5)CC4)cc3c2C(C)C)cn2ccnc12. The smallest absolute Gasteiger partial charge is 0.179 e. The summed E-state index contributed by atoms with van der Waals surface area (Å²) in [5.74, 6) is 1.82. The van der Waals surface area contributed by atoms with Gasteiger partial charge >= 0.3 is 0 Å². The van der Waals surface area contributed by atoms with Gasteiger partial charge in [0.2, 0.25) is 0 Å². The fourth-order valence-corrected chi connectivity index (χ4v) is 6.25. The number of hydrogen-bond acceptors (Lipinski definition) is 4. The Kier molecular flexibility index (Phi) is 6.02. The van der Waals surface area contributed by atoms with Crippen LogP contribution >= 0.6 is 0 Å². The lowest BCUT2D eigenvalue weighted by Gasteiger charge is -2.39. The lowest BCUT2D eigenvalue weighted by molar-refractivity contribution is 0.0252. The number of methoxy groups -OCH3 is 1. The minimum absolute atomic E-state index is 0.397. The van der Waals surface area contributed by atoms with Crippen molar-refractivity contribution in [2.75, 3.05) is 33.4 Å². The number of benzene rings is 1. The topological polar surface area (TPSA) is 54.8 Å². The van der Waals surface area contributed by atoms with E-state index in [1.165, 1.54) is 66.5 Å². The van der Waals surface area contributed by atoms with E-state index < -0.39 is 0 Å². The number of nitrogens with zero attached hydrogens (tertiary/aromatic N) is 3. The highest BCUT2D eigenvalue weighted by Crippen LogP contribution is 2.39. The van der Waals surface area contributed by atoms with Crippen LogP contribution in [0.2, 0.25) is 0 Å². The number of aromatic amines is 1. The summed E-state index contributed by atoms with van der Waals surface area (Å²) in [4.78, 5) is 10.9. The largest absolute Gasteiger partial charge is 0.493 e. The molecule has 2 aliphatic rings. The second-order valence-electron chi connectivity index (χ2n) is 10.5. The van der Waals surface area contributed by atoms with Crippen LogP contribution in [0.25, 0.3) is 27.8 Å². The van der Waals surface area contributed by atoms with E-state index in [0.29, 0.717) is 11.8 Å². The monoisotopic (exact) mass is 472 g/mol. The first-order chi connectivity index (χ1) is 17.1. The zero-order chi connectivity index (χ0) is 23.9. The van der Waals surface area contributed by atoms with Crippen LogP contribution in [0, 0.1) is 0 Å². The Morgan fingerprint density at radius 3 is 2.63 bits per heavy atom. The number of pyridine rings is 1. The van der Waals surface area contributed by atoms with Gasteiger partial charge in [-0.2, -0.15) is 0 Å². The first-order valence-electron chi connectivity index (χ1n) is 13.1. The van der Waals surface area contributed by atoms with Gasteiger partial charge in [-0.1, -0.05) is 19.9 Å². The molecule has 0 saturated carbocycles. The number of aromatic nitrogens is 3. The minimum Gasteiger partial charge on any atom is -0.493 e. The van der Waals surface area contributed by atoms with Crippen molar-refractivity contribution in [2.45, 2.75) is 57.4 Å². The van der Waals surface area contributed by atoms with Crippen molar-refractivity contribution < 1.29 is 9.47 Å². The van der Waals surface area contributed by atoms with Crippen molar-refractivity contribution in [1.29, 1.82) is 0 Å². The van der Waals surface area contributed by atoms with Crippen LogP contribution in [0.5, 0.6) is 5.75 Å². The Hall–Kier alpha value is -2.83. The van der Waals surface area contributed by atoms with Gasteiger partial charge in [-0.25, -0.2) is 4.98 Å². The number of nitrogens with one attached hydrogen (secondary N) is 1. The van der Waals surface area contributed by atoms with Crippen LogP contribution < -0.4 is 4.74 Å². The molecule has 6 heteroatoms. The standard InChI is InChI=1S/C29H36N4O2/c1-19(2)27-24-16-21(20-6-11-32(12-7-20)23-8-14-35-15-9-23)4-5-25(24)31-28(27)22-17-26(34-3)29-30-10-13-33(29)18-22/h4-5,10,13,16-20,23,31H,6-9,11-12,14-15H2,1-3H3. The average molecular weight is 473 g/mol. The number of piperidine rings is 1. The second kappa shape index (κ2) is 9.32. The highest BCUT2D eigenvalue weighted by Gasteiger charge is 2.28. The molecule has 0 radical (unpaired) electrons. The molecule has 2 saturated heterocycles. The maximum atomic E-state index is 5.67. The first-order valence-corrected chi connectivity index (χ1v) is 13.1. The third-order valence-electron chi connectivity index (χ3n) is 8.11. The third kappa shape index (κ3) is 4.13. The van der Waals surface area contributed by atoms with Gasteiger partial charge in [0.15, 0.2) is 11.4 Å². The van der Waals surface area contributed by atoms with Crippen LogP contribution in [0.4, 0.5) is 0 Å². The van der Waals surface area contributed by atoms with E-state index in [-0.39, 0.29) is 0 Å². The molecule has 0 amide bonds. The molecule has 0 bridgehead atoms. The van der Waals surface area contributed by atoms with Crippen molar-refractivity contribution in [3.63, 3.8) is 0 Å². The van der Waals surface area contributed by atoms with E-state index in [0.717, 1.165) is 36.2 Å². The normalized spacial score (nSPS) is 18.7. The first kappa shape index (κ1) is 22.6. The average Bonchev–Trinajstić information content (AvgIpc) is 3.53. The van der Waals surface area contributed by atoms with Gasteiger partial charge in [-0.05, 0) is 79.9 Å². The van der Waals surface area contributed by atoms with Crippen LogP contribution in [-0.2, 0) is 4.74 Å². The third-order valence-corrected chi connectivity index (χ3v) is 8.11. The summed E-state index contributed by atoms with van der Waals surface area (Å²) in [6, 6.07) is 9.92. The molecule has 3 aromatic heterocycles. The van der Waals surface area contributed by atoms with Crippen molar-refractivity contribution in [1.82, 2.24) is 19.3 Å². The van der Waals surface area contributed by atoms with Gasteiger partial charge < -0.3 is 23.8 Å². The molecule has 0 unspecified atom stereocenters. The predicted molar refractivity (Wildman–Crippen MR) is 141 cm³/mol. The zero-order valence-corrected chi connectivity index (χ0v) is 21.1. The summed E-state index contributed by atoms with van der Waals surface area (Å²) < 4.78 is 13.3. The summed E-state index contributed by atoms with van der Waals surface area (Å²) in [6.07, 6.45) is 10.8. The Bertz CT molecular complexity index is 1320. The van der Waals surface area contributed by atoms with Crippen molar-refractivity contribution >= 4 is 16.6 Å². The molecule has 6 rings (SSSR count). The molecule has 0 aliphatic carbocycles. The van der Waals surface area contributed by atoms with Gasteiger partial charge in [0.05, 0.1) is 12.8 Å². The molecule has 1 N–H and O–H groups in total. The zero-order valence-electron chi connectivity index (χ0n) is 21.1. The predicted octanol–water partition coefficient (Wildman–Crippen LogP) is 5.97. The van der Waals surface area contributed by atoms with E-state index in [9.17, 15) is 0 Å². The van der Waals surface area contributed by atoms with E-state index in [2.05, 4.69) is 59.2 Å². The number of hydrogen-bond donors (Lipinski definition) is 1. The molecular formula is C29H36N4O2. The lowest BCUT2D eigenvalue weighted by atomic mass is 9.86. The molecule has 4 aromatic rings. The highest BCUT2D eigenvalue weighted by molar-refractivity contribution is 5.92. The molecule has 0 atom stereocenters. The number of imidazole rings is 1. The number of likely N-dealkylation sites (tertiary alicyclic amines) is 1. The van der Waals surface area contributed by atoms with Crippen LogP contribution in [0.3, 0.4) is 0 Å². The Balaban J connectivity index is 1.32. The molecule has 184 valence electrons. The molecule has 0 spiro atoms. The van der Waals surface area contributed by atoms with Gasteiger partial charge in [0.25, 0.3) is 0 Å². The van der Waals surface area contributed by atoms with Crippen molar-refractivity contribution in [2.24, 2.45) is 0 Å². The summed E-state index contributed by atoms with van der Waals surface area (Å²) in [7, 11) is 1.71. The fraction of sp³-hybridized carbons (Fsp3) is 0.483. The van der Waals surface area contributed by atoms with E-state index in [1.807, 2.05) is 16.8 Å². The Morgan fingerprint density at radius 1 is 1.09 bits per heavy atom. The second-order valence-corrected chi connectivity index (χ2v) is 10.5. The number of fused-ring (bicyclic) bond motifs is 2. The molecule has 2 fully saturated rings. The summed E-state index contributed by atoms with van der Waals surface area (Å²) in [5, 5.41) is 1.35. The minimum atomic E-state index is 0.397. The summed E-state index contributed by atoms with van der Waals surface area (Å²) in [5.41, 5.74) is 7.21. The maximum Gasteiger partial charge on any atom is 0.179 e. The maximum absolute atomic E-state index is 5.67. The quantitative estimate of drug-likeness (QED) is 0.389. The van der Waals surface area contributed by atoms with Crippen molar-refractivity contribution in [3.05, 3.63) is 54.0 Å². The van der Waals surface area contributed by atoms with Gasteiger partial charge in [-0.15, -0.1) is 0 Å². The van der Waals surface area contributed by atoms with Crippen molar-refractivity contribution in [3.8, 4) is 17.0 Å². The van der Waals surface area contributed by atoms with Crippen LogP contribution in [0.15, 0.2) is 42.9 Å². The van der Waals surface area contributed by atoms with Gasteiger partial charge in [-0.3, -0.25) is 0 Å². The molecular weight excluding hydrogens is 436 g/mol. The Labute approximate surface area is 207 Å². The van der Waals surface area contributed by atoms with Crippen LogP contribution in [-0.4, -0.2) is 58.7 Å². The number of ether oxygens (including phenoxy) is 2. The molecule has 6 nitrogen and oxygen atoms in total. The molecule has 35 heavy (non-hydrogen) atoms. The van der Waals surface area contributed by atoms with Gasteiger partial charge in [0, 0.05) is 54.3 Å². The highest BCUT2D eigenvalue weighted by atomic mass is 16.5. The summed E-state index contributed by atoms with van der Waals surface area (Å²) in [6.45, 7) is 8.83. The van der Waals surface area contributed by atoms with Crippen LogP contribution in [0.1, 0.15) is 62.5 Å². The van der Waals surface area contributed by atoms with E-state index in [4.69, 9.17) is 9.47 Å². The van der Waals surface area contributed by atoms with E-state index >= 15 is 0 Å². The Morgan fingerprint density at radius 2 is 1.89 bits per heavy atom. The lowest BCUT2D eigenvalue weighted by Crippen LogP contribution is -2.43. The summed E-state index contributed by atoms with van der Waals surface area (Å²) >= 11 is 0.